The second kappa shape index (κ2) is 8.83. The van der Waals surface area contributed by atoms with Gasteiger partial charge in [0.1, 0.15) is 12.2 Å². The van der Waals surface area contributed by atoms with E-state index in [9.17, 15) is 9.18 Å². The maximum atomic E-state index is 13.4. The van der Waals surface area contributed by atoms with Crippen molar-refractivity contribution in [3.05, 3.63) is 45.4 Å². The Morgan fingerprint density at radius 1 is 1.32 bits per heavy atom. The molecule has 0 aromatic carbocycles. The molecular formula is C18H20ClFN6OS. The summed E-state index contributed by atoms with van der Waals surface area (Å²) in [6.45, 7) is 4.97. The first-order chi connectivity index (χ1) is 13.4. The van der Waals surface area contributed by atoms with Crippen LogP contribution in [-0.2, 0) is 6.54 Å². The Balaban J connectivity index is 1.99. The third-order valence-corrected chi connectivity index (χ3v) is 5.13. The van der Waals surface area contributed by atoms with E-state index in [1.807, 2.05) is 12.1 Å². The van der Waals surface area contributed by atoms with E-state index in [4.69, 9.17) is 11.6 Å². The lowest BCUT2D eigenvalue weighted by molar-refractivity contribution is 0.376. The average molecular weight is 423 g/mol. The van der Waals surface area contributed by atoms with E-state index in [-0.39, 0.29) is 16.7 Å². The third kappa shape index (κ3) is 4.25. The van der Waals surface area contributed by atoms with Crippen molar-refractivity contribution < 1.29 is 4.39 Å². The normalized spacial score (nSPS) is 12.3. The summed E-state index contributed by atoms with van der Waals surface area (Å²) in [5.41, 5.74) is 1.42. The lowest BCUT2D eigenvalue weighted by atomic mass is 10.3. The number of nitrogens with one attached hydrogen (secondary N) is 1. The van der Waals surface area contributed by atoms with Crippen LogP contribution in [-0.4, -0.2) is 36.9 Å². The van der Waals surface area contributed by atoms with Crippen LogP contribution in [0.2, 0.25) is 5.28 Å². The Bertz CT molecular complexity index is 1040. The summed E-state index contributed by atoms with van der Waals surface area (Å²) in [6, 6.07) is 3.16. The first-order valence-corrected chi connectivity index (χ1v) is 10.1. The molecule has 0 fully saturated rings. The number of thioether (sulfide) groups is 1. The van der Waals surface area contributed by atoms with Crippen LogP contribution in [0.25, 0.3) is 11.2 Å². The monoisotopic (exact) mass is 422 g/mol. The molecule has 1 N–H and O–H groups in total. The van der Waals surface area contributed by atoms with Gasteiger partial charge in [-0.25, -0.2) is 14.4 Å². The molecule has 1 unspecified atom stereocenters. The summed E-state index contributed by atoms with van der Waals surface area (Å²) in [6.07, 6.45) is 1.79. The van der Waals surface area contributed by atoms with Crippen molar-refractivity contribution in [2.75, 3.05) is 17.7 Å². The molecule has 0 aliphatic heterocycles. The summed E-state index contributed by atoms with van der Waals surface area (Å²) >= 11 is 7.63. The zero-order valence-electron chi connectivity index (χ0n) is 15.7. The highest BCUT2D eigenvalue weighted by Gasteiger charge is 2.19. The first kappa shape index (κ1) is 20.5. The Labute approximate surface area is 170 Å². The summed E-state index contributed by atoms with van der Waals surface area (Å²) < 4.78 is 14.6. The van der Waals surface area contributed by atoms with Crippen LogP contribution < -0.4 is 10.9 Å². The molecule has 0 aliphatic rings. The van der Waals surface area contributed by atoms with Crippen LogP contribution in [0.3, 0.4) is 0 Å². The summed E-state index contributed by atoms with van der Waals surface area (Å²) in [4.78, 5) is 30.9. The first-order valence-electron chi connectivity index (χ1n) is 8.78. The fraction of sp³-hybridized carbons (Fsp3) is 0.389. The van der Waals surface area contributed by atoms with Gasteiger partial charge in [-0.3, -0.25) is 14.3 Å². The van der Waals surface area contributed by atoms with E-state index in [0.717, 1.165) is 16.3 Å². The van der Waals surface area contributed by atoms with Crippen LogP contribution >= 0.6 is 23.4 Å². The highest BCUT2D eigenvalue weighted by molar-refractivity contribution is 7.99. The molecular weight excluding hydrogens is 403 g/mol. The van der Waals surface area contributed by atoms with Gasteiger partial charge in [-0.05, 0) is 43.3 Å². The second-order valence-electron chi connectivity index (χ2n) is 6.16. The van der Waals surface area contributed by atoms with Gasteiger partial charge in [0, 0.05) is 11.1 Å². The maximum Gasteiger partial charge on any atom is 0.295 e. The molecule has 28 heavy (non-hydrogen) atoms. The van der Waals surface area contributed by atoms with Gasteiger partial charge >= 0.3 is 0 Å². The van der Waals surface area contributed by atoms with Crippen molar-refractivity contribution in [3.63, 3.8) is 0 Å². The van der Waals surface area contributed by atoms with Gasteiger partial charge in [-0.15, -0.1) is 11.8 Å². The molecule has 0 aliphatic carbocycles. The summed E-state index contributed by atoms with van der Waals surface area (Å²) in [5.74, 6) is 1.06. The van der Waals surface area contributed by atoms with Crippen molar-refractivity contribution in [2.45, 2.75) is 38.3 Å². The van der Waals surface area contributed by atoms with Gasteiger partial charge in [0.25, 0.3) is 5.56 Å². The molecule has 3 aromatic rings. The van der Waals surface area contributed by atoms with Gasteiger partial charge in [0.2, 0.25) is 5.28 Å². The van der Waals surface area contributed by atoms with Crippen molar-refractivity contribution in [1.82, 2.24) is 24.5 Å². The lowest BCUT2D eigenvalue weighted by Gasteiger charge is -2.16. The number of pyridine rings is 1. The van der Waals surface area contributed by atoms with Gasteiger partial charge in [0.05, 0.1) is 24.0 Å². The fourth-order valence-corrected chi connectivity index (χ4v) is 3.55. The number of aryl methyl sites for hydroxylation is 1. The molecule has 10 heteroatoms. The average Bonchev–Trinajstić information content (AvgIpc) is 2.67. The Morgan fingerprint density at radius 3 is 2.75 bits per heavy atom. The summed E-state index contributed by atoms with van der Waals surface area (Å²) in [7, 11) is 0. The van der Waals surface area contributed by atoms with Gasteiger partial charge < -0.3 is 5.32 Å². The van der Waals surface area contributed by atoms with Crippen molar-refractivity contribution in [1.29, 1.82) is 0 Å². The van der Waals surface area contributed by atoms with E-state index in [1.165, 1.54) is 4.57 Å². The van der Waals surface area contributed by atoms with Crippen LogP contribution in [0.4, 0.5) is 10.2 Å². The quantitative estimate of drug-likeness (QED) is 0.457. The lowest BCUT2D eigenvalue weighted by Crippen LogP contribution is -2.29. The Morgan fingerprint density at radius 2 is 2.11 bits per heavy atom. The number of aromatic nitrogens is 5. The molecule has 0 saturated heterocycles. The van der Waals surface area contributed by atoms with Crippen LogP contribution in [0.5, 0.6) is 0 Å². The number of fused-ring (bicyclic) bond motifs is 1. The van der Waals surface area contributed by atoms with Gasteiger partial charge in [0.15, 0.2) is 11.5 Å². The molecule has 0 radical (unpaired) electrons. The van der Waals surface area contributed by atoms with Crippen LogP contribution in [0.15, 0.2) is 28.0 Å². The zero-order valence-corrected chi connectivity index (χ0v) is 17.3. The van der Waals surface area contributed by atoms with Gasteiger partial charge in [-0.1, -0.05) is 6.92 Å². The standard InChI is InChI=1S/C18H20ClFN6OS/c1-4-28-13-6-5-12(21-9-13)8-22-15-17(27)26(10(2)7-20)16-14(24-15)11(3)23-18(19)25-16/h5-6,9-10H,4,7-8H2,1-3H3,(H,22,24). The summed E-state index contributed by atoms with van der Waals surface area (Å²) in [5, 5.41) is 3.00. The van der Waals surface area contributed by atoms with E-state index < -0.39 is 18.3 Å². The minimum Gasteiger partial charge on any atom is -0.360 e. The molecule has 7 nitrogen and oxygen atoms in total. The predicted octanol–water partition coefficient (Wildman–Crippen LogP) is 3.80. The topological polar surface area (TPSA) is 85.6 Å². The minimum atomic E-state index is -0.725. The molecule has 0 bridgehead atoms. The van der Waals surface area contributed by atoms with E-state index in [1.54, 1.807) is 31.8 Å². The molecule has 0 amide bonds. The number of anilines is 1. The SMILES string of the molecule is CCSc1ccc(CNc2nc3c(C)nc(Cl)nc3n(C(C)CF)c2=O)nc1. The Hall–Kier alpha value is -2.26. The largest absolute Gasteiger partial charge is 0.360 e. The smallest absolute Gasteiger partial charge is 0.295 e. The number of halogens is 2. The highest BCUT2D eigenvalue weighted by atomic mass is 35.5. The number of rotatable bonds is 7. The Kier molecular flexibility index (Phi) is 6.46. The van der Waals surface area contributed by atoms with E-state index in [2.05, 4.69) is 32.2 Å². The predicted molar refractivity (Wildman–Crippen MR) is 110 cm³/mol. The molecule has 0 spiro atoms. The molecule has 148 valence electrons. The fourth-order valence-electron chi connectivity index (χ4n) is 2.72. The molecule has 3 heterocycles. The number of hydrogen-bond donors (Lipinski definition) is 1. The number of alkyl halides is 1. The molecule has 3 rings (SSSR count). The van der Waals surface area contributed by atoms with E-state index >= 15 is 0 Å². The van der Waals surface area contributed by atoms with E-state index in [0.29, 0.717) is 17.8 Å². The zero-order chi connectivity index (χ0) is 20.3. The number of nitrogens with zero attached hydrogens (tertiary/aromatic N) is 5. The van der Waals surface area contributed by atoms with Gasteiger partial charge in [-0.2, -0.15) is 4.98 Å². The molecule has 0 saturated carbocycles. The highest BCUT2D eigenvalue weighted by Crippen LogP contribution is 2.20. The van der Waals surface area contributed by atoms with Crippen molar-refractivity contribution in [3.8, 4) is 0 Å². The van der Waals surface area contributed by atoms with Crippen LogP contribution in [0.1, 0.15) is 31.3 Å². The number of hydrogen-bond acceptors (Lipinski definition) is 7. The van der Waals surface area contributed by atoms with Crippen molar-refractivity contribution >= 4 is 40.3 Å². The third-order valence-electron chi connectivity index (χ3n) is 4.10. The molecule has 3 aromatic heterocycles. The molecule has 1 atom stereocenters. The van der Waals surface area contributed by atoms with Crippen molar-refractivity contribution in [2.24, 2.45) is 0 Å². The van der Waals surface area contributed by atoms with Crippen LogP contribution in [0, 0.1) is 6.92 Å². The second-order valence-corrected chi connectivity index (χ2v) is 7.84. The maximum absolute atomic E-state index is 13.4. The minimum absolute atomic E-state index is 0.0130.